The summed E-state index contributed by atoms with van der Waals surface area (Å²) in [5, 5.41) is 13.3. The van der Waals surface area contributed by atoms with Crippen LogP contribution in [0.25, 0.3) is 0 Å². The maximum atomic E-state index is 12.5. The van der Waals surface area contributed by atoms with Gasteiger partial charge in [0.25, 0.3) is 5.91 Å². The van der Waals surface area contributed by atoms with Crippen molar-refractivity contribution in [1.29, 1.82) is 0 Å². The number of carboxylic acid groups (broad SMARTS) is 1. The van der Waals surface area contributed by atoms with Crippen LogP contribution >= 0.6 is 0 Å². The highest BCUT2D eigenvalue weighted by molar-refractivity contribution is 5.95. The summed E-state index contributed by atoms with van der Waals surface area (Å²) in [7, 11) is 0. The Bertz CT molecular complexity index is 498. The first-order valence-electron chi connectivity index (χ1n) is 6.64. The van der Waals surface area contributed by atoms with Crippen LogP contribution in [0, 0.1) is 5.92 Å². The molecule has 7 heteroatoms. The number of hydrogen-bond donors (Lipinski definition) is 1. The molecule has 110 valence electrons. The van der Waals surface area contributed by atoms with Gasteiger partial charge in [-0.3, -0.25) is 9.48 Å². The van der Waals surface area contributed by atoms with Crippen LogP contribution < -0.4 is 0 Å². The van der Waals surface area contributed by atoms with Gasteiger partial charge >= 0.3 is 5.97 Å². The first kappa shape index (κ1) is 14.5. The number of rotatable bonds is 4. The summed E-state index contributed by atoms with van der Waals surface area (Å²) in [6.45, 7) is 5.35. The Morgan fingerprint density at radius 1 is 1.55 bits per heavy atom. The molecule has 1 aromatic heterocycles. The number of ether oxygens (including phenoxy) is 1. The third-order valence-corrected chi connectivity index (χ3v) is 3.15. The van der Waals surface area contributed by atoms with E-state index in [1.165, 1.54) is 4.90 Å². The summed E-state index contributed by atoms with van der Waals surface area (Å²) in [5.74, 6) is -1.01. The van der Waals surface area contributed by atoms with Gasteiger partial charge in [-0.1, -0.05) is 13.8 Å². The maximum Gasteiger partial charge on any atom is 0.328 e. The molecule has 1 aliphatic rings. The molecule has 0 saturated carbocycles. The van der Waals surface area contributed by atoms with Gasteiger partial charge in [-0.2, -0.15) is 5.10 Å². The van der Waals surface area contributed by atoms with E-state index in [4.69, 9.17) is 4.74 Å². The molecule has 7 nitrogen and oxygen atoms in total. The van der Waals surface area contributed by atoms with Crippen LogP contribution in [0.3, 0.4) is 0 Å². The minimum Gasteiger partial charge on any atom is -0.480 e. The molecule has 0 aliphatic carbocycles. The lowest BCUT2D eigenvalue weighted by Crippen LogP contribution is -2.53. The number of carbonyl (C=O) groups excluding carboxylic acids is 1. The Kier molecular flexibility index (Phi) is 4.39. The molecule has 20 heavy (non-hydrogen) atoms. The van der Waals surface area contributed by atoms with Crippen LogP contribution in [-0.4, -0.2) is 57.5 Å². The fourth-order valence-corrected chi connectivity index (χ4v) is 2.20. The van der Waals surface area contributed by atoms with Crippen LogP contribution in [0.2, 0.25) is 0 Å². The number of aromatic nitrogens is 2. The number of morpholine rings is 1. The summed E-state index contributed by atoms with van der Waals surface area (Å²) < 4.78 is 6.77. The minimum absolute atomic E-state index is 0.0272. The van der Waals surface area contributed by atoms with Crippen molar-refractivity contribution in [2.24, 2.45) is 5.92 Å². The van der Waals surface area contributed by atoms with Gasteiger partial charge in [-0.05, 0) is 12.0 Å². The van der Waals surface area contributed by atoms with Crippen LogP contribution in [0.4, 0.5) is 0 Å². The largest absolute Gasteiger partial charge is 0.480 e. The molecular weight excluding hydrogens is 262 g/mol. The van der Waals surface area contributed by atoms with Crippen molar-refractivity contribution in [2.45, 2.75) is 26.4 Å². The molecule has 0 spiro atoms. The van der Waals surface area contributed by atoms with Gasteiger partial charge in [0.05, 0.1) is 13.2 Å². The average molecular weight is 281 g/mol. The van der Waals surface area contributed by atoms with E-state index in [0.717, 1.165) is 0 Å². The lowest BCUT2D eigenvalue weighted by molar-refractivity contribution is -0.147. The van der Waals surface area contributed by atoms with Crippen LogP contribution in [-0.2, 0) is 16.1 Å². The topological polar surface area (TPSA) is 84.7 Å². The number of nitrogens with zero attached hydrogens (tertiary/aromatic N) is 3. The van der Waals surface area contributed by atoms with E-state index >= 15 is 0 Å². The fourth-order valence-electron chi connectivity index (χ4n) is 2.20. The van der Waals surface area contributed by atoms with Gasteiger partial charge in [0.2, 0.25) is 0 Å². The second-order valence-corrected chi connectivity index (χ2v) is 5.22. The standard InChI is InChI=1S/C13H19N3O4/c1-9(2)7-16-10(3-4-14-16)12(17)15-5-6-20-8-11(15)13(18)19/h3-4,9,11H,5-8H2,1-2H3,(H,18,19). The van der Waals surface area contributed by atoms with Crippen molar-refractivity contribution >= 4 is 11.9 Å². The van der Waals surface area contributed by atoms with Crippen molar-refractivity contribution < 1.29 is 19.4 Å². The van der Waals surface area contributed by atoms with Crippen molar-refractivity contribution in [3.63, 3.8) is 0 Å². The van der Waals surface area contributed by atoms with Gasteiger partial charge in [0.15, 0.2) is 6.04 Å². The number of aliphatic carboxylic acids is 1. The molecule has 0 radical (unpaired) electrons. The Morgan fingerprint density at radius 3 is 2.95 bits per heavy atom. The molecule has 1 N–H and O–H groups in total. The van der Waals surface area contributed by atoms with Crippen LogP contribution in [0.5, 0.6) is 0 Å². The molecule has 1 atom stereocenters. The van der Waals surface area contributed by atoms with Gasteiger partial charge in [-0.25, -0.2) is 4.79 Å². The Labute approximate surface area is 117 Å². The third-order valence-electron chi connectivity index (χ3n) is 3.15. The van der Waals surface area contributed by atoms with E-state index in [1.54, 1.807) is 16.9 Å². The predicted molar refractivity (Wildman–Crippen MR) is 70.3 cm³/mol. The number of hydrogen-bond acceptors (Lipinski definition) is 4. The molecule has 0 aromatic carbocycles. The third kappa shape index (κ3) is 2.98. The second-order valence-electron chi connectivity index (χ2n) is 5.22. The summed E-state index contributed by atoms with van der Waals surface area (Å²) in [5.41, 5.74) is 0.423. The van der Waals surface area contributed by atoms with E-state index < -0.39 is 12.0 Å². The average Bonchev–Trinajstić information content (AvgIpc) is 2.85. The maximum absolute atomic E-state index is 12.5. The lowest BCUT2D eigenvalue weighted by Gasteiger charge is -2.32. The highest BCUT2D eigenvalue weighted by Gasteiger charge is 2.34. The molecule has 1 amide bonds. The SMILES string of the molecule is CC(C)Cn1nccc1C(=O)N1CCOCC1C(=O)O. The van der Waals surface area contributed by atoms with Crippen molar-refractivity contribution in [3.05, 3.63) is 18.0 Å². The monoisotopic (exact) mass is 281 g/mol. The van der Waals surface area contributed by atoms with E-state index in [2.05, 4.69) is 5.10 Å². The van der Waals surface area contributed by atoms with Gasteiger partial charge in [0, 0.05) is 19.3 Å². The highest BCUT2D eigenvalue weighted by atomic mass is 16.5. The molecule has 1 unspecified atom stereocenters. The van der Waals surface area contributed by atoms with Crippen molar-refractivity contribution in [3.8, 4) is 0 Å². The van der Waals surface area contributed by atoms with Crippen LogP contribution in [0.15, 0.2) is 12.3 Å². The van der Waals surface area contributed by atoms with Gasteiger partial charge < -0.3 is 14.7 Å². The quantitative estimate of drug-likeness (QED) is 0.867. The number of amides is 1. The lowest BCUT2D eigenvalue weighted by atomic mass is 10.2. The van der Waals surface area contributed by atoms with E-state index in [9.17, 15) is 14.7 Å². The smallest absolute Gasteiger partial charge is 0.328 e. The highest BCUT2D eigenvalue weighted by Crippen LogP contribution is 2.14. The first-order chi connectivity index (χ1) is 9.50. The van der Waals surface area contributed by atoms with Crippen molar-refractivity contribution in [1.82, 2.24) is 14.7 Å². The van der Waals surface area contributed by atoms with E-state index in [1.807, 2.05) is 13.8 Å². The molecule has 1 aliphatic heterocycles. The summed E-state index contributed by atoms with van der Waals surface area (Å²) in [6, 6.07) is 0.692. The van der Waals surface area contributed by atoms with Crippen LogP contribution in [0.1, 0.15) is 24.3 Å². The Balaban J connectivity index is 2.21. The first-order valence-corrected chi connectivity index (χ1v) is 6.64. The molecule has 1 saturated heterocycles. The Morgan fingerprint density at radius 2 is 2.30 bits per heavy atom. The minimum atomic E-state index is -1.05. The molecular formula is C13H19N3O4. The molecule has 1 aromatic rings. The van der Waals surface area contributed by atoms with E-state index in [-0.39, 0.29) is 19.1 Å². The molecule has 2 rings (SSSR count). The molecule has 1 fully saturated rings. The summed E-state index contributed by atoms with van der Waals surface area (Å²) in [6.07, 6.45) is 1.56. The zero-order valence-electron chi connectivity index (χ0n) is 11.7. The molecule has 2 heterocycles. The zero-order valence-corrected chi connectivity index (χ0v) is 11.7. The summed E-state index contributed by atoms with van der Waals surface area (Å²) >= 11 is 0. The van der Waals surface area contributed by atoms with Crippen molar-refractivity contribution in [2.75, 3.05) is 19.8 Å². The number of carboxylic acids is 1. The normalized spacial score (nSPS) is 19.4. The molecule has 0 bridgehead atoms. The van der Waals surface area contributed by atoms with Gasteiger partial charge in [-0.15, -0.1) is 0 Å². The zero-order chi connectivity index (χ0) is 14.7. The predicted octanol–water partition coefficient (Wildman–Crippen LogP) is 0.465. The second kappa shape index (κ2) is 6.04. The van der Waals surface area contributed by atoms with Gasteiger partial charge in [0.1, 0.15) is 5.69 Å². The van der Waals surface area contributed by atoms with E-state index in [0.29, 0.717) is 24.8 Å². The number of carbonyl (C=O) groups is 2. The fraction of sp³-hybridized carbons (Fsp3) is 0.615. The summed E-state index contributed by atoms with van der Waals surface area (Å²) in [4.78, 5) is 25.1. The Hall–Kier alpha value is -1.89.